The fourth-order valence-corrected chi connectivity index (χ4v) is 3.99. The SMILES string of the molecule is C=C1/C=C\C=C2/C/C(=C\C=C/1C#CCSCCCCCC)C(=O)N(OS(=O)(=O)C(F)(F)F)C2=O. The summed E-state index contributed by atoms with van der Waals surface area (Å²) in [7, 11) is -6.22. The van der Waals surface area contributed by atoms with E-state index in [9.17, 15) is 31.2 Å². The molecule has 1 saturated heterocycles. The van der Waals surface area contributed by atoms with Crippen LogP contribution in [-0.2, 0) is 24.0 Å². The van der Waals surface area contributed by atoms with Crippen LogP contribution in [0.25, 0.3) is 0 Å². The first-order valence-corrected chi connectivity index (χ1v) is 13.0. The van der Waals surface area contributed by atoms with E-state index in [2.05, 4.69) is 29.6 Å². The Hall–Kier alpha value is -2.55. The van der Waals surface area contributed by atoms with Crippen LogP contribution in [-0.4, -0.2) is 42.3 Å². The molecule has 1 fully saturated rings. The van der Waals surface area contributed by atoms with Gasteiger partial charge < -0.3 is 0 Å². The van der Waals surface area contributed by atoms with Gasteiger partial charge in [-0.15, -0.1) is 21.1 Å². The lowest BCUT2D eigenvalue weighted by Crippen LogP contribution is -2.46. The zero-order chi connectivity index (χ0) is 25.4. The van der Waals surface area contributed by atoms with Gasteiger partial charge in [0.15, 0.2) is 0 Å². The molecule has 2 amide bonds. The summed E-state index contributed by atoms with van der Waals surface area (Å²) in [5.74, 6) is 4.95. The molecule has 6 nitrogen and oxygen atoms in total. The van der Waals surface area contributed by atoms with Gasteiger partial charge in [0.2, 0.25) is 0 Å². The molecule has 11 heteroatoms. The number of alkyl halides is 3. The van der Waals surface area contributed by atoms with E-state index in [1.165, 1.54) is 43.6 Å². The van der Waals surface area contributed by atoms with Crippen molar-refractivity contribution in [2.24, 2.45) is 0 Å². The second kappa shape index (κ2) is 12.2. The average Bonchev–Trinajstić information content (AvgIpc) is 2.76. The molecule has 0 atom stereocenters. The number of imide groups is 1. The maximum atomic E-state index is 12.7. The maximum Gasteiger partial charge on any atom is 0.525 e. The molecule has 0 aromatic carbocycles. The number of carbonyl (C=O) groups excluding carboxylic acids is 2. The number of carbonyl (C=O) groups is 2. The fourth-order valence-electron chi connectivity index (χ4n) is 2.85. The third-order valence-corrected chi connectivity index (χ3v) is 6.52. The number of hydrogen-bond acceptors (Lipinski definition) is 6. The molecule has 1 aliphatic heterocycles. The van der Waals surface area contributed by atoms with Crippen molar-refractivity contribution in [1.29, 1.82) is 0 Å². The highest BCUT2D eigenvalue weighted by molar-refractivity contribution is 7.99. The van der Waals surface area contributed by atoms with Gasteiger partial charge in [-0.3, -0.25) is 9.59 Å². The van der Waals surface area contributed by atoms with E-state index in [1.54, 1.807) is 17.8 Å². The van der Waals surface area contributed by atoms with Crippen molar-refractivity contribution >= 4 is 33.7 Å². The average molecular weight is 516 g/mol. The predicted molar refractivity (Wildman–Crippen MR) is 124 cm³/mol. The van der Waals surface area contributed by atoms with Gasteiger partial charge in [-0.1, -0.05) is 68.9 Å². The van der Waals surface area contributed by atoms with Gasteiger partial charge in [0.05, 0.1) is 5.75 Å². The Morgan fingerprint density at radius 1 is 1.12 bits per heavy atom. The Kier molecular flexibility index (Phi) is 9.97. The van der Waals surface area contributed by atoms with Crippen LogP contribution >= 0.6 is 11.8 Å². The lowest BCUT2D eigenvalue weighted by molar-refractivity contribution is -0.170. The molecule has 0 aromatic rings. The molecule has 2 bridgehead atoms. The number of nitrogens with zero attached hydrogens (tertiary/aromatic N) is 1. The first-order chi connectivity index (χ1) is 16.0. The second-order valence-electron chi connectivity index (χ2n) is 7.32. The number of fused-ring (bicyclic) bond motifs is 2. The summed E-state index contributed by atoms with van der Waals surface area (Å²) in [6.07, 6.45) is 11.4. The van der Waals surface area contributed by atoms with E-state index in [0.717, 1.165) is 12.2 Å². The quantitative estimate of drug-likeness (QED) is 0.201. The molecule has 0 spiro atoms. The van der Waals surface area contributed by atoms with Crippen molar-refractivity contribution in [2.45, 2.75) is 44.5 Å². The summed E-state index contributed by atoms with van der Waals surface area (Å²) in [4.78, 5) is 25.0. The zero-order valence-corrected chi connectivity index (χ0v) is 20.1. The molecule has 2 rings (SSSR count). The Labute approximate surface area is 201 Å². The largest absolute Gasteiger partial charge is 0.525 e. The number of halogens is 3. The zero-order valence-electron chi connectivity index (χ0n) is 18.5. The molecule has 34 heavy (non-hydrogen) atoms. The van der Waals surface area contributed by atoms with Gasteiger partial charge in [-0.25, -0.2) is 0 Å². The minimum absolute atomic E-state index is 0.130. The van der Waals surface area contributed by atoms with Gasteiger partial charge >= 0.3 is 15.6 Å². The van der Waals surface area contributed by atoms with E-state index in [0.29, 0.717) is 16.9 Å². The molecule has 1 heterocycles. The number of rotatable bonds is 8. The number of hydrogen-bond donors (Lipinski definition) is 0. The second-order valence-corrected chi connectivity index (χ2v) is 9.94. The Morgan fingerprint density at radius 2 is 1.79 bits per heavy atom. The van der Waals surface area contributed by atoms with E-state index in [-0.39, 0.29) is 22.6 Å². The summed E-state index contributed by atoms with van der Waals surface area (Å²) in [5, 5.41) is -0.386. The van der Waals surface area contributed by atoms with Gasteiger partial charge in [-0.05, 0) is 23.8 Å². The molecule has 2 aliphatic rings. The summed E-state index contributed by atoms with van der Waals surface area (Å²) >= 11 is 1.70. The highest BCUT2D eigenvalue weighted by Crippen LogP contribution is 2.30. The number of amides is 2. The van der Waals surface area contributed by atoms with E-state index >= 15 is 0 Å². The van der Waals surface area contributed by atoms with Crippen LogP contribution < -0.4 is 0 Å². The number of thioether (sulfide) groups is 1. The van der Waals surface area contributed by atoms with Crippen molar-refractivity contribution < 1.29 is 35.5 Å². The highest BCUT2D eigenvalue weighted by atomic mass is 32.2. The summed E-state index contributed by atoms with van der Waals surface area (Å²) in [5.41, 5.74) is -5.11. The van der Waals surface area contributed by atoms with Crippen molar-refractivity contribution in [2.75, 3.05) is 11.5 Å². The molecule has 0 aromatic heterocycles. The smallest absolute Gasteiger partial charge is 0.267 e. The highest BCUT2D eigenvalue weighted by Gasteiger charge is 2.51. The third-order valence-electron chi connectivity index (χ3n) is 4.69. The van der Waals surface area contributed by atoms with E-state index in [4.69, 9.17) is 0 Å². The lowest BCUT2D eigenvalue weighted by atomic mass is 9.96. The first kappa shape index (κ1) is 27.7. The molecular formula is C23H24F3NO5S2. The predicted octanol–water partition coefficient (Wildman–Crippen LogP) is 4.75. The van der Waals surface area contributed by atoms with Crippen molar-refractivity contribution in [3.63, 3.8) is 0 Å². The van der Waals surface area contributed by atoms with Crippen molar-refractivity contribution in [1.82, 2.24) is 5.06 Å². The minimum Gasteiger partial charge on any atom is -0.267 e. The van der Waals surface area contributed by atoms with Gasteiger partial charge in [0, 0.05) is 23.1 Å². The van der Waals surface area contributed by atoms with Crippen LogP contribution in [0.2, 0.25) is 0 Å². The summed E-state index contributed by atoms with van der Waals surface area (Å²) in [6.45, 7) is 6.05. The van der Waals surface area contributed by atoms with E-state index < -0.39 is 27.4 Å². The van der Waals surface area contributed by atoms with Crippen LogP contribution in [0.5, 0.6) is 0 Å². The normalized spacial score (nSPS) is 22.5. The Morgan fingerprint density at radius 3 is 2.44 bits per heavy atom. The summed E-state index contributed by atoms with van der Waals surface area (Å²) in [6, 6.07) is 0. The number of hydroxylamine groups is 2. The number of piperidine rings is 1. The van der Waals surface area contributed by atoms with Crippen molar-refractivity contribution in [3.05, 3.63) is 59.3 Å². The van der Waals surface area contributed by atoms with Crippen LogP contribution in [0.15, 0.2) is 59.3 Å². The standard InChI is InChI=1S/C23H24F3NO5S2/c1-3-4-5-6-14-33-15-8-11-18-12-13-20-16-19(10-7-9-17(18)2)21(28)27(22(20)29)32-34(30,31)23(24,25)26/h7,9-10,12-13H,2-6,14-16H2,1H3/b9-7-,18-12-,19-10+,20-13+. The molecule has 0 unspecified atom stereocenters. The van der Waals surface area contributed by atoms with Gasteiger partial charge in [-0.2, -0.15) is 21.6 Å². The van der Waals surface area contributed by atoms with Crippen LogP contribution in [0, 0.1) is 11.8 Å². The van der Waals surface area contributed by atoms with Gasteiger partial charge in [0.1, 0.15) is 0 Å². The lowest BCUT2D eigenvalue weighted by Gasteiger charge is -2.26. The fraction of sp³-hybridized carbons (Fsp3) is 0.391. The molecule has 0 saturated carbocycles. The number of unbranched alkanes of at least 4 members (excludes halogenated alkanes) is 3. The molecule has 0 radical (unpaired) electrons. The maximum absolute atomic E-state index is 12.7. The van der Waals surface area contributed by atoms with Crippen LogP contribution in [0.3, 0.4) is 0 Å². The minimum atomic E-state index is -6.22. The van der Waals surface area contributed by atoms with Gasteiger partial charge in [0.25, 0.3) is 11.8 Å². The van der Waals surface area contributed by atoms with Crippen LogP contribution in [0.4, 0.5) is 13.2 Å². The van der Waals surface area contributed by atoms with E-state index in [1.807, 2.05) is 0 Å². The van der Waals surface area contributed by atoms with Crippen molar-refractivity contribution in [3.8, 4) is 11.8 Å². The molecular weight excluding hydrogens is 491 g/mol. The number of allylic oxidation sites excluding steroid dienone is 7. The Balaban J connectivity index is 2.25. The Bertz CT molecular complexity index is 1120. The molecule has 0 N–H and O–H groups in total. The molecule has 184 valence electrons. The summed E-state index contributed by atoms with van der Waals surface area (Å²) < 4.78 is 64.7. The van der Waals surface area contributed by atoms with Crippen LogP contribution in [0.1, 0.15) is 39.0 Å². The first-order valence-electron chi connectivity index (χ1n) is 10.4. The monoisotopic (exact) mass is 515 g/mol. The topological polar surface area (TPSA) is 80.8 Å². The molecule has 1 aliphatic carbocycles. The third kappa shape index (κ3) is 7.48.